The van der Waals surface area contributed by atoms with E-state index in [2.05, 4.69) is 40.8 Å². The molecule has 1 aromatic rings. The lowest BCUT2D eigenvalue weighted by atomic mass is 10.0. The lowest BCUT2D eigenvalue weighted by Gasteiger charge is -2.22. The van der Waals surface area contributed by atoms with Gasteiger partial charge in [0.2, 0.25) is 11.8 Å². The van der Waals surface area contributed by atoms with Crippen LogP contribution < -0.4 is 20.7 Å². The molecular weight excluding hydrogens is 490 g/mol. The first-order valence-corrected chi connectivity index (χ1v) is 12.2. The molecule has 0 aliphatic rings. The Labute approximate surface area is 227 Å². The Morgan fingerprint density at radius 1 is 1.00 bits per heavy atom. The molecular formula is C28H45N3O7. The van der Waals surface area contributed by atoms with E-state index in [1.54, 1.807) is 46.8 Å². The quantitative estimate of drug-likeness (QED) is 0.307. The van der Waals surface area contributed by atoms with E-state index >= 15 is 0 Å². The van der Waals surface area contributed by atoms with Gasteiger partial charge in [-0.2, -0.15) is 0 Å². The maximum absolute atomic E-state index is 12.0. The van der Waals surface area contributed by atoms with Crippen LogP contribution in [0.15, 0.2) is 49.6 Å². The van der Waals surface area contributed by atoms with Crippen molar-refractivity contribution in [1.29, 1.82) is 0 Å². The molecule has 0 aliphatic carbocycles. The largest absolute Gasteiger partial charge is 0.490 e. The first-order chi connectivity index (χ1) is 17.7. The fourth-order valence-electron chi connectivity index (χ4n) is 2.36. The van der Waals surface area contributed by atoms with E-state index in [-0.39, 0.29) is 19.0 Å². The van der Waals surface area contributed by atoms with Crippen LogP contribution in [0.5, 0.6) is 5.75 Å². The summed E-state index contributed by atoms with van der Waals surface area (Å²) in [4.78, 5) is 46.4. The number of carbonyl (C=O) groups excluding carboxylic acids is 4. The number of rotatable bonds is 10. The zero-order chi connectivity index (χ0) is 29.7. The third-order valence-corrected chi connectivity index (χ3v) is 4.08. The van der Waals surface area contributed by atoms with Crippen LogP contribution in [0.4, 0.5) is 4.79 Å². The molecule has 0 fully saturated rings. The van der Waals surface area contributed by atoms with E-state index in [4.69, 9.17) is 9.47 Å². The van der Waals surface area contributed by atoms with Crippen molar-refractivity contribution in [1.82, 2.24) is 16.0 Å². The summed E-state index contributed by atoms with van der Waals surface area (Å²) >= 11 is 0. The van der Waals surface area contributed by atoms with Crippen LogP contribution in [0.1, 0.15) is 47.1 Å². The van der Waals surface area contributed by atoms with E-state index in [1.807, 2.05) is 31.2 Å². The smallest absolute Gasteiger partial charge is 0.408 e. The van der Waals surface area contributed by atoms with Gasteiger partial charge in [0.05, 0.1) is 7.11 Å². The highest BCUT2D eigenvalue weighted by molar-refractivity contribution is 5.91. The number of esters is 1. The van der Waals surface area contributed by atoms with E-state index in [0.717, 1.165) is 5.75 Å². The number of ether oxygens (including phenoxy) is 3. The Bertz CT molecular complexity index is 875. The van der Waals surface area contributed by atoms with Crippen LogP contribution >= 0.6 is 0 Å². The zero-order valence-electron chi connectivity index (χ0n) is 24.0. The molecule has 0 bridgehead atoms. The van der Waals surface area contributed by atoms with Crippen LogP contribution in [-0.4, -0.2) is 62.3 Å². The first-order valence-electron chi connectivity index (χ1n) is 12.2. The highest BCUT2D eigenvalue weighted by Gasteiger charge is 2.25. The molecule has 3 N–H and O–H groups in total. The number of nitrogens with one attached hydrogen (secondary N) is 3. The van der Waals surface area contributed by atoms with E-state index in [9.17, 15) is 19.2 Å². The topological polar surface area (TPSA) is 132 Å². The van der Waals surface area contributed by atoms with Gasteiger partial charge in [0.15, 0.2) is 0 Å². The molecule has 38 heavy (non-hydrogen) atoms. The molecule has 1 atom stereocenters. The van der Waals surface area contributed by atoms with Crippen LogP contribution in [0.25, 0.3) is 0 Å². The molecule has 3 amide bonds. The number of methoxy groups -OCH3 is 1. The molecule has 0 saturated heterocycles. The fraction of sp³-hybridized carbons (Fsp3) is 0.500. The number of amides is 3. The van der Waals surface area contributed by atoms with Gasteiger partial charge in [-0.15, -0.1) is 6.58 Å². The predicted molar refractivity (Wildman–Crippen MR) is 149 cm³/mol. The number of carbonyl (C=O) groups is 4. The number of benzene rings is 1. The average molecular weight is 536 g/mol. The minimum Gasteiger partial charge on any atom is -0.490 e. The summed E-state index contributed by atoms with van der Waals surface area (Å²) in [5.74, 6) is -0.971. The molecule has 0 heterocycles. The van der Waals surface area contributed by atoms with Crippen molar-refractivity contribution < 1.29 is 33.4 Å². The fourth-order valence-corrected chi connectivity index (χ4v) is 2.36. The van der Waals surface area contributed by atoms with Crippen LogP contribution in [-0.2, 0) is 23.9 Å². The van der Waals surface area contributed by atoms with Crippen LogP contribution in [0.3, 0.4) is 0 Å². The van der Waals surface area contributed by atoms with Gasteiger partial charge in [-0.05, 0) is 52.7 Å². The molecule has 0 saturated carbocycles. The van der Waals surface area contributed by atoms with Gasteiger partial charge in [0.25, 0.3) is 0 Å². The summed E-state index contributed by atoms with van der Waals surface area (Å²) in [6.07, 6.45) is 2.76. The standard InChI is InChI=1S/C15H27N3O6.C10H12O.C3H6/c1-9(2)12(13(21)16-8-11(20)23-6)18-10(19)7-17-14(22)24-15(3,4)5;1-3-8-11-10-6-4-9(2)5-7-10;1-3-2/h9,12H,7-8H2,1-6H3,(H,16,21)(H,17,22)(H,18,19);3-7H,1,8H2,2H3;3H,1H2,2H3. The van der Waals surface area contributed by atoms with Crippen molar-refractivity contribution in [2.75, 3.05) is 26.8 Å². The summed E-state index contributed by atoms with van der Waals surface area (Å²) in [7, 11) is 1.21. The van der Waals surface area contributed by atoms with E-state index < -0.39 is 35.5 Å². The zero-order valence-corrected chi connectivity index (χ0v) is 24.0. The second kappa shape index (κ2) is 20.3. The molecule has 10 nitrogen and oxygen atoms in total. The van der Waals surface area contributed by atoms with Gasteiger partial charge >= 0.3 is 12.1 Å². The summed E-state index contributed by atoms with van der Waals surface area (Å²) in [6.45, 7) is 19.4. The minimum atomic E-state index is -0.845. The maximum Gasteiger partial charge on any atom is 0.408 e. The summed E-state index contributed by atoms with van der Waals surface area (Å²) < 4.78 is 14.7. The Morgan fingerprint density at radius 3 is 2.00 bits per heavy atom. The molecule has 1 unspecified atom stereocenters. The van der Waals surface area contributed by atoms with Gasteiger partial charge in [-0.3, -0.25) is 14.4 Å². The summed E-state index contributed by atoms with van der Waals surface area (Å²) in [5, 5.41) is 7.18. The molecule has 0 aliphatic heterocycles. The molecule has 0 radical (unpaired) electrons. The van der Waals surface area contributed by atoms with Crippen molar-refractivity contribution in [2.45, 2.75) is 60.1 Å². The molecule has 1 rings (SSSR count). The van der Waals surface area contributed by atoms with Gasteiger partial charge in [-0.25, -0.2) is 4.79 Å². The second-order valence-electron chi connectivity index (χ2n) is 9.26. The highest BCUT2D eigenvalue weighted by Crippen LogP contribution is 2.10. The van der Waals surface area contributed by atoms with Crippen molar-refractivity contribution in [2.24, 2.45) is 5.92 Å². The Morgan fingerprint density at radius 2 is 1.55 bits per heavy atom. The molecule has 10 heteroatoms. The summed E-state index contributed by atoms with van der Waals surface area (Å²) in [6, 6.07) is 7.12. The number of allylic oxidation sites excluding steroid dienone is 1. The number of hydrogen-bond donors (Lipinski definition) is 3. The van der Waals surface area contributed by atoms with E-state index in [1.165, 1.54) is 12.7 Å². The monoisotopic (exact) mass is 535 g/mol. The normalized spacial score (nSPS) is 10.7. The van der Waals surface area contributed by atoms with Crippen molar-refractivity contribution in [3.05, 3.63) is 55.1 Å². The minimum absolute atomic E-state index is 0.215. The van der Waals surface area contributed by atoms with Gasteiger partial charge in [0, 0.05) is 0 Å². The molecule has 0 aromatic heterocycles. The number of alkyl carbamates (subject to hydrolysis) is 1. The highest BCUT2D eigenvalue weighted by atomic mass is 16.6. The maximum atomic E-state index is 12.0. The Kier molecular flexibility index (Phi) is 19.4. The average Bonchev–Trinajstić information content (AvgIpc) is 2.83. The lowest BCUT2D eigenvalue weighted by molar-refractivity contribution is -0.141. The Hall–Kier alpha value is -3.82. The molecule has 0 spiro atoms. The summed E-state index contributed by atoms with van der Waals surface area (Å²) in [5.41, 5.74) is 0.574. The van der Waals surface area contributed by atoms with Crippen molar-refractivity contribution in [3.8, 4) is 5.75 Å². The number of aryl methyl sites for hydroxylation is 1. The van der Waals surface area contributed by atoms with Gasteiger partial charge in [-0.1, -0.05) is 50.3 Å². The van der Waals surface area contributed by atoms with E-state index in [0.29, 0.717) is 6.61 Å². The first kappa shape index (κ1) is 36.3. The van der Waals surface area contributed by atoms with Gasteiger partial charge in [0.1, 0.15) is 37.1 Å². The van der Waals surface area contributed by atoms with Crippen LogP contribution in [0, 0.1) is 12.8 Å². The third kappa shape index (κ3) is 20.4. The molecule has 1 aromatic carbocycles. The predicted octanol–water partition coefficient (Wildman–Crippen LogP) is 3.69. The van der Waals surface area contributed by atoms with Crippen molar-refractivity contribution >= 4 is 23.9 Å². The molecule has 214 valence electrons. The number of hydrogen-bond acceptors (Lipinski definition) is 7. The van der Waals surface area contributed by atoms with Crippen LogP contribution in [0.2, 0.25) is 0 Å². The van der Waals surface area contributed by atoms with Crippen molar-refractivity contribution in [3.63, 3.8) is 0 Å². The lowest BCUT2D eigenvalue weighted by Crippen LogP contribution is -2.52. The Balaban J connectivity index is 0. The second-order valence-corrected chi connectivity index (χ2v) is 9.26. The SMILES string of the molecule is C=CC.C=CCOc1ccc(C)cc1.COC(=O)CNC(=O)C(NC(=O)CNC(=O)OC(C)(C)C)C(C)C. The van der Waals surface area contributed by atoms with Gasteiger partial charge < -0.3 is 30.2 Å². The third-order valence-electron chi connectivity index (χ3n) is 4.08.